The second-order valence-corrected chi connectivity index (χ2v) is 5.05. The number of hydrogen-bond donors (Lipinski definition) is 2. The molecule has 0 saturated heterocycles. The van der Waals surface area contributed by atoms with Crippen molar-refractivity contribution in [2.45, 2.75) is 16.6 Å². The Morgan fingerprint density at radius 3 is 2.95 bits per heavy atom. The zero-order valence-electron chi connectivity index (χ0n) is 10.2. The predicted octanol–water partition coefficient (Wildman–Crippen LogP) is 2.01. The summed E-state index contributed by atoms with van der Waals surface area (Å²) in [5.74, 6) is 0. The van der Waals surface area contributed by atoms with Crippen LogP contribution in [-0.2, 0) is 6.42 Å². The average molecular weight is 271 g/mol. The molecule has 3 N–H and O–H groups in total. The minimum atomic E-state index is 0.601. The zero-order valence-corrected chi connectivity index (χ0v) is 11.0. The highest BCUT2D eigenvalue weighted by Crippen LogP contribution is 2.28. The van der Waals surface area contributed by atoms with Gasteiger partial charge in [-0.2, -0.15) is 5.10 Å². The van der Waals surface area contributed by atoms with Gasteiger partial charge in [0.15, 0.2) is 5.16 Å². The fraction of sp³-hybridized carbons (Fsp3) is 0.154. The smallest absolute Gasteiger partial charge is 0.189 e. The van der Waals surface area contributed by atoms with E-state index in [1.165, 1.54) is 18.1 Å². The number of H-pyrrole nitrogens is 1. The first-order valence-corrected chi connectivity index (χ1v) is 6.80. The van der Waals surface area contributed by atoms with Gasteiger partial charge < -0.3 is 5.73 Å². The standard InChI is InChI=1S/C13H13N5S/c14-6-5-10-7-9-3-1-2-4-11(9)17-12(10)19-13-15-8-16-18-13/h1-4,7-8H,5-6,14H2,(H,15,16,18). The van der Waals surface area contributed by atoms with Crippen molar-refractivity contribution in [2.24, 2.45) is 5.73 Å². The van der Waals surface area contributed by atoms with Crippen LogP contribution in [0.4, 0.5) is 0 Å². The van der Waals surface area contributed by atoms with Crippen LogP contribution in [-0.4, -0.2) is 26.7 Å². The molecule has 19 heavy (non-hydrogen) atoms. The molecular weight excluding hydrogens is 258 g/mol. The van der Waals surface area contributed by atoms with Gasteiger partial charge in [0, 0.05) is 5.39 Å². The summed E-state index contributed by atoms with van der Waals surface area (Å²) in [4.78, 5) is 8.81. The van der Waals surface area contributed by atoms with E-state index < -0.39 is 0 Å². The van der Waals surface area contributed by atoms with Crippen molar-refractivity contribution < 1.29 is 0 Å². The van der Waals surface area contributed by atoms with Gasteiger partial charge in [0.2, 0.25) is 0 Å². The van der Waals surface area contributed by atoms with Gasteiger partial charge in [-0.1, -0.05) is 18.2 Å². The number of aromatic amines is 1. The van der Waals surface area contributed by atoms with Crippen LogP contribution in [0, 0.1) is 0 Å². The zero-order chi connectivity index (χ0) is 13.1. The van der Waals surface area contributed by atoms with Crippen LogP contribution in [0.25, 0.3) is 10.9 Å². The number of aromatic nitrogens is 4. The van der Waals surface area contributed by atoms with Crippen molar-refractivity contribution in [3.8, 4) is 0 Å². The molecule has 3 rings (SSSR count). The van der Waals surface area contributed by atoms with Crippen molar-refractivity contribution in [2.75, 3.05) is 6.54 Å². The molecule has 96 valence electrons. The molecule has 0 saturated carbocycles. The summed E-state index contributed by atoms with van der Waals surface area (Å²) in [5, 5.41) is 9.48. The quantitative estimate of drug-likeness (QED) is 0.758. The Morgan fingerprint density at radius 1 is 1.26 bits per heavy atom. The van der Waals surface area contributed by atoms with Crippen LogP contribution in [0.2, 0.25) is 0 Å². The van der Waals surface area contributed by atoms with Gasteiger partial charge in [-0.25, -0.2) is 9.97 Å². The van der Waals surface area contributed by atoms with E-state index in [4.69, 9.17) is 5.73 Å². The van der Waals surface area contributed by atoms with Crippen molar-refractivity contribution in [3.63, 3.8) is 0 Å². The number of para-hydroxylation sites is 1. The topological polar surface area (TPSA) is 80.5 Å². The minimum Gasteiger partial charge on any atom is -0.330 e. The monoisotopic (exact) mass is 271 g/mol. The molecule has 0 radical (unpaired) electrons. The number of nitrogens with zero attached hydrogens (tertiary/aromatic N) is 3. The molecule has 0 fully saturated rings. The van der Waals surface area contributed by atoms with E-state index in [0.29, 0.717) is 6.54 Å². The first kappa shape index (κ1) is 12.1. The largest absolute Gasteiger partial charge is 0.330 e. The van der Waals surface area contributed by atoms with E-state index >= 15 is 0 Å². The number of rotatable bonds is 4. The second-order valence-electron chi connectivity index (χ2n) is 4.08. The Balaban J connectivity index is 2.06. The third kappa shape index (κ3) is 2.59. The maximum Gasteiger partial charge on any atom is 0.189 e. The predicted molar refractivity (Wildman–Crippen MR) is 75.0 cm³/mol. The highest BCUT2D eigenvalue weighted by atomic mass is 32.2. The molecular formula is C13H13N5S. The van der Waals surface area contributed by atoms with E-state index in [2.05, 4.69) is 32.3 Å². The Bertz CT molecular complexity index is 681. The number of fused-ring (bicyclic) bond motifs is 1. The molecule has 6 heteroatoms. The summed E-state index contributed by atoms with van der Waals surface area (Å²) in [6, 6.07) is 10.2. The number of benzene rings is 1. The molecule has 5 nitrogen and oxygen atoms in total. The molecule has 0 amide bonds. The molecule has 2 heterocycles. The normalized spacial score (nSPS) is 11.0. The first-order valence-electron chi connectivity index (χ1n) is 5.99. The number of hydrogen-bond acceptors (Lipinski definition) is 5. The highest BCUT2D eigenvalue weighted by Gasteiger charge is 2.09. The summed E-state index contributed by atoms with van der Waals surface area (Å²) in [7, 11) is 0. The number of nitrogens with two attached hydrogens (primary N) is 1. The minimum absolute atomic E-state index is 0.601. The van der Waals surface area contributed by atoms with Gasteiger partial charge >= 0.3 is 0 Å². The van der Waals surface area contributed by atoms with E-state index in [0.717, 1.165) is 33.1 Å². The summed E-state index contributed by atoms with van der Waals surface area (Å²) in [5.41, 5.74) is 7.79. The molecule has 0 bridgehead atoms. The fourth-order valence-electron chi connectivity index (χ4n) is 1.90. The molecule has 0 aliphatic rings. The van der Waals surface area contributed by atoms with Crippen LogP contribution >= 0.6 is 11.8 Å². The summed E-state index contributed by atoms with van der Waals surface area (Å²) in [6.07, 6.45) is 2.29. The lowest BCUT2D eigenvalue weighted by atomic mass is 10.1. The van der Waals surface area contributed by atoms with E-state index in [1.54, 1.807) is 0 Å². The summed E-state index contributed by atoms with van der Waals surface area (Å²) >= 11 is 1.48. The third-order valence-corrected chi connectivity index (χ3v) is 3.70. The molecule has 0 unspecified atom stereocenters. The van der Waals surface area contributed by atoms with Gasteiger partial charge in [-0.15, -0.1) is 0 Å². The molecule has 1 aromatic carbocycles. The van der Waals surface area contributed by atoms with Gasteiger partial charge in [-0.05, 0) is 42.4 Å². The molecule has 0 spiro atoms. The number of nitrogens with one attached hydrogen (secondary N) is 1. The lowest BCUT2D eigenvalue weighted by Gasteiger charge is -2.08. The van der Waals surface area contributed by atoms with Gasteiger partial charge in [-0.3, -0.25) is 5.10 Å². The van der Waals surface area contributed by atoms with Gasteiger partial charge in [0.1, 0.15) is 11.4 Å². The van der Waals surface area contributed by atoms with Gasteiger partial charge in [0.05, 0.1) is 5.52 Å². The average Bonchev–Trinajstić information content (AvgIpc) is 2.93. The molecule has 0 aliphatic carbocycles. The van der Waals surface area contributed by atoms with Crippen LogP contribution in [0.1, 0.15) is 5.56 Å². The van der Waals surface area contributed by atoms with Gasteiger partial charge in [0.25, 0.3) is 0 Å². The van der Waals surface area contributed by atoms with Crippen molar-refractivity contribution in [1.29, 1.82) is 0 Å². The molecule has 0 aliphatic heterocycles. The molecule has 3 aromatic rings. The lowest BCUT2D eigenvalue weighted by Crippen LogP contribution is -2.05. The van der Waals surface area contributed by atoms with Crippen molar-refractivity contribution in [3.05, 3.63) is 42.2 Å². The summed E-state index contributed by atoms with van der Waals surface area (Å²) in [6.45, 7) is 0.601. The van der Waals surface area contributed by atoms with Crippen LogP contribution < -0.4 is 5.73 Å². The van der Waals surface area contributed by atoms with Crippen LogP contribution in [0.5, 0.6) is 0 Å². The second kappa shape index (κ2) is 5.38. The Kier molecular flexibility index (Phi) is 3.43. The Hall–Kier alpha value is -1.92. The van der Waals surface area contributed by atoms with Crippen LogP contribution in [0.3, 0.4) is 0 Å². The maximum absolute atomic E-state index is 5.67. The highest BCUT2D eigenvalue weighted by molar-refractivity contribution is 7.99. The Labute approximate surface area is 114 Å². The number of pyridine rings is 1. The fourth-order valence-corrected chi connectivity index (χ4v) is 2.72. The van der Waals surface area contributed by atoms with Crippen LogP contribution in [0.15, 0.2) is 46.8 Å². The third-order valence-electron chi connectivity index (χ3n) is 2.76. The lowest BCUT2D eigenvalue weighted by molar-refractivity contribution is 0.914. The SMILES string of the molecule is NCCc1cc2ccccc2nc1Sc1ncn[nH]1. The molecule has 2 aromatic heterocycles. The maximum atomic E-state index is 5.67. The first-order chi connectivity index (χ1) is 9.36. The molecule has 0 atom stereocenters. The van der Waals surface area contributed by atoms with Crippen molar-refractivity contribution in [1.82, 2.24) is 20.2 Å². The van der Waals surface area contributed by atoms with Crippen molar-refractivity contribution >= 4 is 22.7 Å². The van der Waals surface area contributed by atoms with E-state index in [9.17, 15) is 0 Å². The summed E-state index contributed by atoms with van der Waals surface area (Å²) < 4.78 is 0. The van der Waals surface area contributed by atoms with E-state index in [-0.39, 0.29) is 0 Å². The Morgan fingerprint density at radius 2 is 2.16 bits per heavy atom. The van der Waals surface area contributed by atoms with E-state index in [1.807, 2.05) is 18.2 Å².